The largest absolute Gasteiger partial charge is 2.00 e. The monoisotopic (exact) mass is 830 g/mol. The van der Waals surface area contributed by atoms with Crippen LogP contribution in [0.1, 0.15) is 0 Å². The van der Waals surface area contributed by atoms with Crippen molar-refractivity contribution < 1.29 is 77.2 Å². The molecule has 0 saturated heterocycles. The van der Waals surface area contributed by atoms with Crippen molar-refractivity contribution in [2.75, 3.05) is 26.7 Å². The normalized spacial score (nSPS) is 9.87. The Kier molecular flexibility index (Phi) is 19.9. The fraction of sp³-hybridized carbons (Fsp3) is 0.100. The van der Waals surface area contributed by atoms with Crippen molar-refractivity contribution in [2.45, 2.75) is 0 Å². The smallest absolute Gasteiger partial charge is 1.00 e. The second kappa shape index (κ2) is 21.5. The van der Waals surface area contributed by atoms with Gasteiger partial charge in [-0.05, 0) is 26.7 Å². The maximum atomic E-state index is 2.31. The molecule has 0 fully saturated rings. The molecule has 6 heteroatoms. The molecule has 0 aliphatic carbocycles. The molecule has 232 valence electrons. The van der Waals surface area contributed by atoms with Gasteiger partial charge in [-0.25, -0.2) is 0 Å². The van der Waals surface area contributed by atoms with Gasteiger partial charge in [0.05, 0.1) is 0 Å². The minimum Gasteiger partial charge on any atom is -1.00 e. The van der Waals surface area contributed by atoms with Crippen LogP contribution in [0, 0.1) is 0 Å². The molecule has 8 rings (SSSR count). The van der Waals surface area contributed by atoms with E-state index >= 15 is 0 Å². The van der Waals surface area contributed by atoms with E-state index in [0.717, 1.165) is 0 Å². The van der Waals surface area contributed by atoms with E-state index in [-0.39, 0.29) is 93.1 Å². The molecular formula is C40H38Cl2P2Zr2-2. The number of halogens is 2. The summed E-state index contributed by atoms with van der Waals surface area (Å²) in [5.74, 6) is 0. The molecule has 0 aliphatic rings. The van der Waals surface area contributed by atoms with E-state index in [1.165, 1.54) is 53.7 Å². The second-order valence-corrected chi connectivity index (χ2v) is 15.4. The molecule has 0 spiro atoms. The average Bonchev–Trinajstić information content (AvgIpc) is 3.83. The molecule has 0 nitrogen and oxygen atoms in total. The average molecular weight is 834 g/mol. The van der Waals surface area contributed by atoms with Crippen molar-refractivity contribution in [3.05, 3.63) is 158 Å². The number of benzene rings is 4. The fourth-order valence-electron chi connectivity index (χ4n) is 4.92. The molecule has 8 aromatic rings. The minimum absolute atomic E-state index is 0. The minimum atomic E-state index is 0. The van der Waals surface area contributed by atoms with Gasteiger partial charge in [-0.15, -0.1) is 156 Å². The number of rotatable bonds is 2. The van der Waals surface area contributed by atoms with E-state index in [2.05, 4.69) is 184 Å². The van der Waals surface area contributed by atoms with Gasteiger partial charge in [0.25, 0.3) is 0 Å². The summed E-state index contributed by atoms with van der Waals surface area (Å²) in [4.78, 5) is 0. The summed E-state index contributed by atoms with van der Waals surface area (Å²) in [6, 6.07) is 55.7. The Morgan fingerprint density at radius 3 is 1.00 bits per heavy atom. The number of fused-ring (bicyclic) bond motifs is 4. The Hall–Kier alpha value is -1.47. The summed E-state index contributed by atoms with van der Waals surface area (Å²) < 4.78 is 0. The van der Waals surface area contributed by atoms with Crippen LogP contribution >= 0.6 is 15.8 Å². The van der Waals surface area contributed by atoms with Gasteiger partial charge in [-0.1, -0.05) is 24.3 Å². The molecule has 0 amide bonds. The predicted molar refractivity (Wildman–Crippen MR) is 195 cm³/mol. The fourth-order valence-corrected chi connectivity index (χ4v) is 6.51. The van der Waals surface area contributed by atoms with Crippen LogP contribution in [0.5, 0.6) is 0 Å². The van der Waals surface area contributed by atoms with Crippen molar-refractivity contribution >= 4 is 69.5 Å². The Balaban J connectivity index is 0.000000300. The molecule has 8 aromatic carbocycles. The number of hydrogen-bond acceptors (Lipinski definition) is 0. The summed E-state index contributed by atoms with van der Waals surface area (Å²) in [5, 5.41) is 13.8. The van der Waals surface area contributed by atoms with Gasteiger partial charge >= 0.3 is 52.4 Å². The van der Waals surface area contributed by atoms with Crippen LogP contribution in [0.2, 0.25) is 0 Å². The number of hydrogen-bond donors (Lipinski definition) is 0. The van der Waals surface area contributed by atoms with Crippen molar-refractivity contribution in [1.29, 1.82) is 0 Å². The molecule has 0 radical (unpaired) electrons. The third-order valence-corrected chi connectivity index (χ3v) is 9.92. The maximum Gasteiger partial charge on any atom is 2.00 e. The molecule has 0 unspecified atom stereocenters. The standard InChI is InChI=1S/2C11H12P.2C9H7.2ClH.2Zr/c2*1-12(2)11-7-9-5-3-4-6-10(9)8-11;2*1-2-5-9-7-3-6-8(9)4-1;;;;/h2*3-8H,1-2H3;2*1-7H;2*1H;;/q4*-1;;;2*+2/p-2. The maximum absolute atomic E-state index is 2.31. The first-order valence-electron chi connectivity index (χ1n) is 14.3. The molecule has 46 heavy (non-hydrogen) atoms. The van der Waals surface area contributed by atoms with E-state index in [4.69, 9.17) is 0 Å². The van der Waals surface area contributed by atoms with Gasteiger partial charge in [0.1, 0.15) is 0 Å². The first-order chi connectivity index (χ1) is 20.5. The van der Waals surface area contributed by atoms with Crippen LogP contribution in [-0.4, -0.2) is 26.7 Å². The van der Waals surface area contributed by atoms with Crippen LogP contribution in [0.3, 0.4) is 0 Å². The molecule has 0 saturated carbocycles. The van der Waals surface area contributed by atoms with Gasteiger partial charge < -0.3 is 24.8 Å². The van der Waals surface area contributed by atoms with Crippen molar-refractivity contribution in [3.63, 3.8) is 0 Å². The quantitative estimate of drug-likeness (QED) is 0.171. The molecule has 0 N–H and O–H groups in total. The Morgan fingerprint density at radius 2 is 0.696 bits per heavy atom. The topological polar surface area (TPSA) is 0 Å². The van der Waals surface area contributed by atoms with Gasteiger partial charge in [0, 0.05) is 0 Å². The van der Waals surface area contributed by atoms with Gasteiger partial charge in [-0.2, -0.15) is 47.2 Å². The summed E-state index contributed by atoms with van der Waals surface area (Å²) in [7, 11) is 0.115. The SMILES string of the molecule is CP(C)c1cc2ccccc2[cH-]1.CP(C)c1cc2ccccc2[cH-]1.[Cl-].[Cl-].[Zr+2].[Zr+2].c1ccc2[cH-]ccc2c1.c1ccc2[cH-]ccc2c1. The molecule has 0 aromatic heterocycles. The van der Waals surface area contributed by atoms with E-state index in [1.54, 1.807) is 0 Å². The van der Waals surface area contributed by atoms with Crippen LogP contribution in [0.25, 0.3) is 43.1 Å². The van der Waals surface area contributed by atoms with Crippen LogP contribution in [0.4, 0.5) is 0 Å². The zero-order valence-electron chi connectivity index (χ0n) is 26.7. The van der Waals surface area contributed by atoms with Gasteiger partial charge in [-0.3, -0.25) is 0 Å². The summed E-state index contributed by atoms with van der Waals surface area (Å²) in [6.07, 6.45) is 0. The first-order valence-corrected chi connectivity index (χ1v) is 18.8. The summed E-state index contributed by atoms with van der Waals surface area (Å²) in [6.45, 7) is 9.18. The molecular weight excluding hydrogens is 796 g/mol. The zero-order valence-corrected chi connectivity index (χ0v) is 34.9. The first kappa shape index (κ1) is 42.5. The van der Waals surface area contributed by atoms with Crippen molar-refractivity contribution in [3.8, 4) is 0 Å². The van der Waals surface area contributed by atoms with E-state index in [0.29, 0.717) is 0 Å². The molecule has 0 bridgehead atoms. The van der Waals surface area contributed by atoms with Gasteiger partial charge in [0.15, 0.2) is 0 Å². The Bertz CT molecular complexity index is 1710. The van der Waals surface area contributed by atoms with Crippen LogP contribution in [0.15, 0.2) is 158 Å². The third-order valence-electron chi connectivity index (χ3n) is 7.33. The van der Waals surface area contributed by atoms with E-state index in [9.17, 15) is 0 Å². The predicted octanol–water partition coefficient (Wildman–Crippen LogP) is 4.97. The molecule has 0 heterocycles. The summed E-state index contributed by atoms with van der Waals surface area (Å²) in [5.41, 5.74) is 0. The Labute approximate surface area is 328 Å². The molecule has 0 aliphatic heterocycles. The van der Waals surface area contributed by atoms with Crippen molar-refractivity contribution in [2.24, 2.45) is 0 Å². The van der Waals surface area contributed by atoms with Crippen LogP contribution in [-0.2, 0) is 52.4 Å². The third kappa shape index (κ3) is 11.9. The molecule has 0 atom stereocenters. The zero-order chi connectivity index (χ0) is 29.3. The summed E-state index contributed by atoms with van der Waals surface area (Å²) >= 11 is 0. The second-order valence-electron chi connectivity index (χ2n) is 10.8. The van der Waals surface area contributed by atoms with E-state index in [1.807, 2.05) is 0 Å². The Morgan fingerprint density at radius 1 is 0.391 bits per heavy atom. The van der Waals surface area contributed by atoms with Gasteiger partial charge in [0.2, 0.25) is 0 Å². The van der Waals surface area contributed by atoms with Crippen molar-refractivity contribution in [1.82, 2.24) is 0 Å². The van der Waals surface area contributed by atoms with E-state index < -0.39 is 0 Å². The van der Waals surface area contributed by atoms with Crippen LogP contribution < -0.4 is 35.4 Å².